The molecule has 3 rings (SSSR count). The standard InChI is InChI=1S/C32H40O4Si/c1-5-34-31(33)26-28(35-24-15-18-27-16-9-6-10-17-27)23-25-36-37(32(2,3)4,29-19-11-7-12-20-29)30-21-13-8-14-22-30/h6-22,28H,5,23-26H2,1-4H3/b18-15+/t28-/m0/s1. The van der Waals surface area contributed by atoms with Crippen molar-refractivity contribution in [1.82, 2.24) is 0 Å². The van der Waals surface area contributed by atoms with Crippen LogP contribution in [0.15, 0.2) is 97.1 Å². The molecule has 0 aliphatic heterocycles. The van der Waals surface area contributed by atoms with Crippen LogP contribution in [0.1, 0.15) is 46.1 Å². The summed E-state index contributed by atoms with van der Waals surface area (Å²) in [5.41, 5.74) is 1.11. The van der Waals surface area contributed by atoms with E-state index in [1.165, 1.54) is 10.4 Å². The number of benzene rings is 3. The normalized spacial score (nSPS) is 13.0. The highest BCUT2D eigenvalue weighted by molar-refractivity contribution is 6.99. The van der Waals surface area contributed by atoms with Crippen LogP contribution in [0.5, 0.6) is 0 Å². The van der Waals surface area contributed by atoms with Crippen molar-refractivity contribution in [2.24, 2.45) is 0 Å². The van der Waals surface area contributed by atoms with Crippen LogP contribution in [0.3, 0.4) is 0 Å². The van der Waals surface area contributed by atoms with Gasteiger partial charge in [-0.25, -0.2) is 0 Å². The van der Waals surface area contributed by atoms with Crippen molar-refractivity contribution in [2.45, 2.75) is 51.7 Å². The fraction of sp³-hybridized carbons (Fsp3) is 0.344. The average molecular weight is 517 g/mol. The second-order valence-electron chi connectivity index (χ2n) is 10.1. The summed E-state index contributed by atoms with van der Waals surface area (Å²) in [5.74, 6) is -0.245. The number of carbonyl (C=O) groups is 1. The molecule has 0 spiro atoms. The van der Waals surface area contributed by atoms with Crippen LogP contribution in [0, 0.1) is 0 Å². The van der Waals surface area contributed by atoms with Crippen molar-refractivity contribution < 1.29 is 18.7 Å². The molecular formula is C32H40O4Si. The van der Waals surface area contributed by atoms with Crippen molar-refractivity contribution in [3.8, 4) is 0 Å². The number of carbonyl (C=O) groups excluding carboxylic acids is 1. The van der Waals surface area contributed by atoms with Crippen LogP contribution in [0.25, 0.3) is 6.08 Å². The smallest absolute Gasteiger partial charge is 0.308 e. The Morgan fingerprint density at radius 2 is 1.41 bits per heavy atom. The lowest BCUT2D eigenvalue weighted by molar-refractivity contribution is -0.146. The molecule has 1 atom stereocenters. The molecule has 4 nitrogen and oxygen atoms in total. The number of hydrogen-bond donors (Lipinski definition) is 0. The summed E-state index contributed by atoms with van der Waals surface area (Å²) in [5, 5.41) is 2.37. The summed E-state index contributed by atoms with van der Waals surface area (Å²) >= 11 is 0. The molecule has 3 aromatic rings. The van der Waals surface area contributed by atoms with E-state index >= 15 is 0 Å². The molecule has 0 amide bonds. The monoisotopic (exact) mass is 516 g/mol. The van der Waals surface area contributed by atoms with Crippen LogP contribution in [0.2, 0.25) is 5.04 Å². The van der Waals surface area contributed by atoms with E-state index in [-0.39, 0.29) is 23.5 Å². The van der Waals surface area contributed by atoms with Crippen LogP contribution in [-0.2, 0) is 18.7 Å². The van der Waals surface area contributed by atoms with Crippen molar-refractivity contribution in [3.05, 3.63) is 103 Å². The van der Waals surface area contributed by atoms with Crippen LogP contribution >= 0.6 is 0 Å². The Bertz CT molecular complexity index is 1050. The van der Waals surface area contributed by atoms with Gasteiger partial charge in [0, 0.05) is 6.61 Å². The highest BCUT2D eigenvalue weighted by Crippen LogP contribution is 2.36. The summed E-state index contributed by atoms with van der Waals surface area (Å²) in [7, 11) is -2.64. The molecule has 0 fully saturated rings. The van der Waals surface area contributed by atoms with Crippen molar-refractivity contribution in [1.29, 1.82) is 0 Å². The van der Waals surface area contributed by atoms with Gasteiger partial charge < -0.3 is 13.9 Å². The minimum atomic E-state index is -2.64. The lowest BCUT2D eigenvalue weighted by Gasteiger charge is -2.43. The lowest BCUT2D eigenvalue weighted by Crippen LogP contribution is -2.66. The molecule has 0 N–H and O–H groups in total. The minimum absolute atomic E-state index is 0.106. The molecule has 3 aromatic carbocycles. The van der Waals surface area contributed by atoms with Gasteiger partial charge in [0.1, 0.15) is 0 Å². The van der Waals surface area contributed by atoms with Gasteiger partial charge in [0.15, 0.2) is 0 Å². The number of ether oxygens (including phenoxy) is 2. The lowest BCUT2D eigenvalue weighted by atomic mass is 10.2. The first-order valence-corrected chi connectivity index (χ1v) is 15.0. The average Bonchev–Trinajstić information content (AvgIpc) is 2.90. The first kappa shape index (κ1) is 28.6. The maximum atomic E-state index is 12.3. The van der Waals surface area contributed by atoms with Gasteiger partial charge in [-0.2, -0.15) is 0 Å². The van der Waals surface area contributed by atoms with Crippen LogP contribution in [-0.4, -0.2) is 40.2 Å². The molecule has 0 heterocycles. The van der Waals surface area contributed by atoms with Gasteiger partial charge in [-0.05, 0) is 34.3 Å². The molecular weight excluding hydrogens is 476 g/mol. The SMILES string of the molecule is CCOC(=O)C[C@H](CCO[Si](c1ccccc1)(c1ccccc1)C(C)(C)C)OC/C=C/c1ccccc1. The Hall–Kier alpha value is -2.99. The number of esters is 1. The molecule has 37 heavy (non-hydrogen) atoms. The number of rotatable bonds is 13. The van der Waals surface area contributed by atoms with Gasteiger partial charge in [0.25, 0.3) is 8.32 Å². The molecule has 0 saturated heterocycles. The van der Waals surface area contributed by atoms with E-state index in [9.17, 15) is 4.79 Å². The zero-order valence-corrected chi connectivity index (χ0v) is 23.6. The molecule has 0 aromatic heterocycles. The second-order valence-corrected chi connectivity index (χ2v) is 14.4. The summed E-state index contributed by atoms with van der Waals surface area (Å²) in [4.78, 5) is 12.3. The van der Waals surface area contributed by atoms with E-state index in [0.717, 1.165) is 5.56 Å². The van der Waals surface area contributed by atoms with Crippen LogP contribution in [0.4, 0.5) is 0 Å². The summed E-state index contributed by atoms with van der Waals surface area (Å²) in [6.45, 7) is 9.87. The number of hydrogen-bond acceptors (Lipinski definition) is 4. The van der Waals surface area contributed by atoms with E-state index in [4.69, 9.17) is 13.9 Å². The van der Waals surface area contributed by atoms with Crippen molar-refractivity contribution >= 4 is 30.7 Å². The van der Waals surface area contributed by atoms with Gasteiger partial charge in [0.2, 0.25) is 0 Å². The maximum Gasteiger partial charge on any atom is 0.308 e. The zero-order valence-electron chi connectivity index (χ0n) is 22.6. The molecule has 0 bridgehead atoms. The van der Waals surface area contributed by atoms with E-state index in [1.54, 1.807) is 0 Å². The third-order valence-corrected chi connectivity index (χ3v) is 11.5. The molecule has 196 valence electrons. The summed E-state index contributed by atoms with van der Waals surface area (Å²) in [6.07, 6.45) is 4.52. The fourth-order valence-corrected chi connectivity index (χ4v) is 9.27. The largest absolute Gasteiger partial charge is 0.466 e. The molecule has 5 heteroatoms. The maximum absolute atomic E-state index is 12.3. The predicted molar refractivity (Wildman–Crippen MR) is 155 cm³/mol. The van der Waals surface area contributed by atoms with Gasteiger partial charge in [-0.3, -0.25) is 4.79 Å². The first-order chi connectivity index (χ1) is 17.9. The third kappa shape index (κ3) is 7.99. The minimum Gasteiger partial charge on any atom is -0.466 e. The van der Waals surface area contributed by atoms with Gasteiger partial charge in [-0.1, -0.05) is 124 Å². The van der Waals surface area contributed by atoms with Crippen molar-refractivity contribution in [3.63, 3.8) is 0 Å². The molecule has 0 radical (unpaired) electrons. The predicted octanol–water partition coefficient (Wildman–Crippen LogP) is 6.00. The van der Waals surface area contributed by atoms with Gasteiger partial charge >= 0.3 is 5.97 Å². The summed E-state index contributed by atoms with van der Waals surface area (Å²) < 4.78 is 18.4. The van der Waals surface area contributed by atoms with E-state index in [1.807, 2.05) is 61.5 Å². The van der Waals surface area contributed by atoms with E-state index in [2.05, 4.69) is 69.3 Å². The van der Waals surface area contributed by atoms with Crippen LogP contribution < -0.4 is 10.4 Å². The second kappa shape index (κ2) is 14.1. The third-order valence-electron chi connectivity index (χ3n) is 6.41. The van der Waals surface area contributed by atoms with Gasteiger partial charge in [0.05, 0.1) is 25.7 Å². The molecule has 0 unspecified atom stereocenters. The molecule has 0 aliphatic rings. The summed E-state index contributed by atoms with van der Waals surface area (Å²) in [6, 6.07) is 31.3. The Morgan fingerprint density at radius 3 is 1.92 bits per heavy atom. The quantitative estimate of drug-likeness (QED) is 0.206. The topological polar surface area (TPSA) is 44.8 Å². The highest BCUT2D eigenvalue weighted by atomic mass is 28.4. The van der Waals surface area contributed by atoms with Gasteiger partial charge in [-0.15, -0.1) is 0 Å². The Kier molecular flexibility index (Phi) is 10.9. The Labute approximate surface area is 223 Å². The van der Waals surface area contributed by atoms with Crippen molar-refractivity contribution in [2.75, 3.05) is 19.8 Å². The van der Waals surface area contributed by atoms with E-state index in [0.29, 0.717) is 26.2 Å². The molecule has 0 aliphatic carbocycles. The Morgan fingerprint density at radius 1 is 0.865 bits per heavy atom. The molecule has 0 saturated carbocycles. The van der Waals surface area contributed by atoms with E-state index < -0.39 is 8.32 Å². The Balaban J connectivity index is 1.77. The fourth-order valence-electron chi connectivity index (χ4n) is 4.70. The first-order valence-electron chi connectivity index (χ1n) is 13.1. The zero-order chi connectivity index (χ0) is 26.6. The highest BCUT2D eigenvalue weighted by Gasteiger charge is 2.50.